The lowest BCUT2D eigenvalue weighted by Gasteiger charge is -2.07. The zero-order valence-electron chi connectivity index (χ0n) is 16.2. The van der Waals surface area contributed by atoms with Crippen LogP contribution in [0.2, 0.25) is 0 Å². The van der Waals surface area contributed by atoms with Crippen molar-refractivity contribution >= 4 is 37.5 Å². The summed E-state index contributed by atoms with van der Waals surface area (Å²) in [7, 11) is 0. The van der Waals surface area contributed by atoms with E-state index in [4.69, 9.17) is 4.98 Å². The van der Waals surface area contributed by atoms with Crippen LogP contribution >= 0.6 is 27.3 Å². The molecule has 0 spiro atoms. The Bertz CT molecular complexity index is 1370. The molecular weight excluding hydrogens is 450 g/mol. The van der Waals surface area contributed by atoms with Gasteiger partial charge in [-0.25, -0.2) is 4.98 Å². The zero-order chi connectivity index (χ0) is 20.1. The molecular formula is C27H18BrNS. The summed E-state index contributed by atoms with van der Waals surface area (Å²) in [4.78, 5) is 4.84. The standard InChI is InChI=1S/C27H18BrNS/c28-16-17-5-7-18(8-6-17)19-9-11-23-21(13-19)15-22-14-20(10-12-24(22)23)27-29-25-3-1-2-4-26(25)30-27/h1-14H,15-16H2. The van der Waals surface area contributed by atoms with Crippen LogP contribution in [0.5, 0.6) is 0 Å². The molecule has 0 unspecified atom stereocenters. The molecule has 0 aliphatic heterocycles. The Labute approximate surface area is 188 Å². The Morgan fingerprint density at radius 1 is 0.733 bits per heavy atom. The molecule has 0 bridgehead atoms. The monoisotopic (exact) mass is 467 g/mol. The summed E-state index contributed by atoms with van der Waals surface area (Å²) in [6.45, 7) is 0. The molecule has 0 saturated heterocycles. The number of hydrogen-bond acceptors (Lipinski definition) is 2. The van der Waals surface area contributed by atoms with E-state index in [2.05, 4.69) is 101 Å². The van der Waals surface area contributed by atoms with E-state index in [1.165, 1.54) is 49.2 Å². The molecule has 1 heterocycles. The Morgan fingerprint density at radius 2 is 1.40 bits per heavy atom. The number of fused-ring (bicyclic) bond motifs is 4. The molecule has 0 saturated carbocycles. The summed E-state index contributed by atoms with van der Waals surface area (Å²) < 4.78 is 1.24. The molecule has 1 aliphatic rings. The zero-order valence-corrected chi connectivity index (χ0v) is 18.6. The quantitative estimate of drug-likeness (QED) is 0.239. The molecule has 6 rings (SSSR count). The van der Waals surface area contributed by atoms with Gasteiger partial charge in [-0.15, -0.1) is 11.3 Å². The molecule has 3 heteroatoms. The third-order valence-corrected chi connectivity index (χ3v) is 7.60. The first-order chi connectivity index (χ1) is 14.8. The fraction of sp³-hybridized carbons (Fsp3) is 0.0741. The van der Waals surface area contributed by atoms with Crippen LogP contribution in [0.1, 0.15) is 16.7 Å². The average Bonchev–Trinajstić information content (AvgIpc) is 3.39. The number of para-hydroxylation sites is 1. The molecule has 1 aromatic heterocycles. The molecule has 144 valence electrons. The molecule has 5 aromatic rings. The van der Waals surface area contributed by atoms with Crippen LogP contribution < -0.4 is 0 Å². The number of nitrogens with zero attached hydrogens (tertiary/aromatic N) is 1. The summed E-state index contributed by atoms with van der Waals surface area (Å²) in [5.41, 5.74) is 11.7. The maximum atomic E-state index is 4.84. The molecule has 0 fully saturated rings. The number of aromatic nitrogens is 1. The highest BCUT2D eigenvalue weighted by Gasteiger charge is 2.20. The lowest BCUT2D eigenvalue weighted by Crippen LogP contribution is -1.85. The number of alkyl halides is 1. The number of rotatable bonds is 3. The Balaban J connectivity index is 1.35. The van der Waals surface area contributed by atoms with Crippen molar-refractivity contribution in [3.63, 3.8) is 0 Å². The minimum atomic E-state index is 0.893. The van der Waals surface area contributed by atoms with Crippen LogP contribution in [-0.4, -0.2) is 4.98 Å². The molecule has 30 heavy (non-hydrogen) atoms. The van der Waals surface area contributed by atoms with E-state index < -0.39 is 0 Å². The molecule has 1 aliphatic carbocycles. The topological polar surface area (TPSA) is 12.9 Å². The van der Waals surface area contributed by atoms with Gasteiger partial charge in [-0.3, -0.25) is 0 Å². The van der Waals surface area contributed by atoms with Crippen molar-refractivity contribution in [2.24, 2.45) is 0 Å². The van der Waals surface area contributed by atoms with E-state index in [-0.39, 0.29) is 0 Å². The predicted molar refractivity (Wildman–Crippen MR) is 131 cm³/mol. The second-order valence-electron chi connectivity index (χ2n) is 7.74. The molecule has 0 atom stereocenters. The van der Waals surface area contributed by atoms with Crippen molar-refractivity contribution in [2.75, 3.05) is 0 Å². The van der Waals surface area contributed by atoms with E-state index in [0.717, 1.165) is 22.3 Å². The van der Waals surface area contributed by atoms with Crippen molar-refractivity contribution in [1.29, 1.82) is 0 Å². The van der Waals surface area contributed by atoms with Crippen LogP contribution in [0.25, 0.3) is 43.0 Å². The van der Waals surface area contributed by atoms with E-state index in [9.17, 15) is 0 Å². The smallest absolute Gasteiger partial charge is 0.124 e. The van der Waals surface area contributed by atoms with Gasteiger partial charge in [-0.2, -0.15) is 0 Å². The minimum Gasteiger partial charge on any atom is -0.236 e. The fourth-order valence-electron chi connectivity index (χ4n) is 4.31. The van der Waals surface area contributed by atoms with Crippen molar-refractivity contribution in [2.45, 2.75) is 11.8 Å². The first kappa shape index (κ1) is 18.1. The molecule has 4 aromatic carbocycles. The highest BCUT2D eigenvalue weighted by Crippen LogP contribution is 2.41. The third kappa shape index (κ3) is 3.01. The van der Waals surface area contributed by atoms with E-state index in [1.807, 2.05) is 0 Å². The number of halogens is 1. The minimum absolute atomic E-state index is 0.893. The van der Waals surface area contributed by atoms with Gasteiger partial charge < -0.3 is 0 Å². The lowest BCUT2D eigenvalue weighted by molar-refractivity contribution is 1.26. The van der Waals surface area contributed by atoms with Crippen LogP contribution in [0, 0.1) is 0 Å². The SMILES string of the molecule is BrCc1ccc(-c2ccc3c(c2)Cc2cc(-c4nc5ccccc5s4)ccc2-3)cc1. The summed E-state index contributed by atoms with van der Waals surface area (Å²) in [5.74, 6) is 0. The maximum absolute atomic E-state index is 4.84. The summed E-state index contributed by atoms with van der Waals surface area (Å²) in [6.07, 6.45) is 0.983. The van der Waals surface area contributed by atoms with Crippen molar-refractivity contribution in [3.05, 3.63) is 102 Å². The van der Waals surface area contributed by atoms with Crippen LogP contribution in [0.4, 0.5) is 0 Å². The van der Waals surface area contributed by atoms with Gasteiger partial charge in [0, 0.05) is 10.9 Å². The molecule has 0 amide bonds. The van der Waals surface area contributed by atoms with Crippen LogP contribution in [-0.2, 0) is 11.8 Å². The van der Waals surface area contributed by atoms with Crippen LogP contribution in [0.3, 0.4) is 0 Å². The first-order valence-electron chi connectivity index (χ1n) is 10.1. The second kappa shape index (κ2) is 7.19. The van der Waals surface area contributed by atoms with Gasteiger partial charge >= 0.3 is 0 Å². The highest BCUT2D eigenvalue weighted by molar-refractivity contribution is 9.08. The Hall–Kier alpha value is -2.75. The van der Waals surface area contributed by atoms with Gasteiger partial charge in [0.25, 0.3) is 0 Å². The average molecular weight is 468 g/mol. The maximum Gasteiger partial charge on any atom is 0.124 e. The van der Waals surface area contributed by atoms with Gasteiger partial charge in [0.15, 0.2) is 0 Å². The normalized spacial score (nSPS) is 12.2. The van der Waals surface area contributed by atoms with Gasteiger partial charge in [-0.1, -0.05) is 82.7 Å². The summed E-state index contributed by atoms with van der Waals surface area (Å²) in [6, 6.07) is 30.9. The molecule has 0 radical (unpaired) electrons. The van der Waals surface area contributed by atoms with Crippen LogP contribution in [0.15, 0.2) is 84.9 Å². The summed E-state index contributed by atoms with van der Waals surface area (Å²) >= 11 is 5.29. The lowest BCUT2D eigenvalue weighted by atomic mass is 9.98. The number of thiazole rings is 1. The van der Waals surface area contributed by atoms with Gasteiger partial charge in [0.1, 0.15) is 5.01 Å². The van der Waals surface area contributed by atoms with Crippen molar-refractivity contribution in [1.82, 2.24) is 4.98 Å². The van der Waals surface area contributed by atoms with Gasteiger partial charge in [-0.05, 0) is 63.6 Å². The van der Waals surface area contributed by atoms with Crippen molar-refractivity contribution in [3.8, 4) is 32.8 Å². The molecule has 0 N–H and O–H groups in total. The van der Waals surface area contributed by atoms with Gasteiger partial charge in [0.2, 0.25) is 0 Å². The highest BCUT2D eigenvalue weighted by atomic mass is 79.9. The Kier molecular flexibility index (Phi) is 4.33. The van der Waals surface area contributed by atoms with Gasteiger partial charge in [0.05, 0.1) is 10.2 Å². The Morgan fingerprint density at radius 3 is 2.13 bits per heavy atom. The predicted octanol–water partition coefficient (Wildman–Crippen LogP) is 8.10. The van der Waals surface area contributed by atoms with E-state index in [0.29, 0.717) is 0 Å². The molecule has 1 nitrogen and oxygen atoms in total. The first-order valence-corrected chi connectivity index (χ1v) is 12.0. The third-order valence-electron chi connectivity index (χ3n) is 5.86. The second-order valence-corrected chi connectivity index (χ2v) is 9.33. The fourth-order valence-corrected chi connectivity index (χ4v) is 5.64. The number of benzene rings is 4. The van der Waals surface area contributed by atoms with E-state index >= 15 is 0 Å². The number of hydrogen-bond donors (Lipinski definition) is 0. The van der Waals surface area contributed by atoms with Crippen molar-refractivity contribution < 1.29 is 0 Å². The summed E-state index contributed by atoms with van der Waals surface area (Å²) in [5, 5.41) is 1.99. The largest absolute Gasteiger partial charge is 0.236 e. The van der Waals surface area contributed by atoms with E-state index in [1.54, 1.807) is 11.3 Å².